The number of nitrogens with zero attached hydrogens (tertiary/aromatic N) is 2. The minimum Gasteiger partial charge on any atom is -0.357 e. The van der Waals surface area contributed by atoms with E-state index in [2.05, 4.69) is 41.3 Å². The molecule has 0 radical (unpaired) electrons. The van der Waals surface area contributed by atoms with E-state index in [9.17, 15) is 8.42 Å². The molecule has 1 saturated heterocycles. The first-order chi connectivity index (χ1) is 13.2. The van der Waals surface area contributed by atoms with Crippen molar-refractivity contribution in [2.45, 2.75) is 58.0 Å². The highest BCUT2D eigenvalue weighted by atomic mass is 127. The summed E-state index contributed by atoms with van der Waals surface area (Å²) in [4.78, 5) is 7.62. The number of hydrogen-bond acceptors (Lipinski definition) is 4. The summed E-state index contributed by atoms with van der Waals surface area (Å²) in [7, 11) is -3.19. The number of aliphatic imine (C=N–C) groups is 1. The van der Waals surface area contributed by atoms with E-state index in [0.717, 1.165) is 36.7 Å². The van der Waals surface area contributed by atoms with Crippen LogP contribution in [-0.4, -0.2) is 57.8 Å². The van der Waals surface area contributed by atoms with Gasteiger partial charge in [0, 0.05) is 31.9 Å². The molecule has 1 aliphatic heterocycles. The van der Waals surface area contributed by atoms with Gasteiger partial charge in [-0.3, -0.25) is 0 Å². The second kappa shape index (κ2) is 12.1. The molecule has 1 unspecified atom stereocenters. The van der Waals surface area contributed by atoms with Gasteiger partial charge in [-0.25, -0.2) is 13.4 Å². The monoisotopic (exact) mass is 536 g/mol. The molecule has 0 bridgehead atoms. The summed E-state index contributed by atoms with van der Waals surface area (Å²) in [6.07, 6.45) is 3.75. The van der Waals surface area contributed by atoms with Crippen LogP contribution in [0.3, 0.4) is 0 Å². The Hall–Kier alpha value is -0.870. The SMILES string of the molecule is CCNC(=NCc1ccc(S(C)(=O)=O)c(C)c1)NCC1CCCN(C(C)C)C1.I. The van der Waals surface area contributed by atoms with Crippen molar-refractivity contribution in [1.29, 1.82) is 0 Å². The van der Waals surface area contributed by atoms with Crippen molar-refractivity contribution in [1.82, 2.24) is 15.5 Å². The van der Waals surface area contributed by atoms with Crippen LogP contribution in [0.2, 0.25) is 0 Å². The van der Waals surface area contributed by atoms with Crippen molar-refractivity contribution in [3.8, 4) is 0 Å². The predicted molar refractivity (Wildman–Crippen MR) is 132 cm³/mol. The summed E-state index contributed by atoms with van der Waals surface area (Å²) in [5.74, 6) is 1.45. The molecule has 1 atom stereocenters. The van der Waals surface area contributed by atoms with Gasteiger partial charge in [0.2, 0.25) is 0 Å². The summed E-state index contributed by atoms with van der Waals surface area (Å²) in [5.41, 5.74) is 1.77. The Kier molecular flexibility index (Phi) is 10.9. The van der Waals surface area contributed by atoms with E-state index >= 15 is 0 Å². The van der Waals surface area contributed by atoms with Gasteiger partial charge in [0.15, 0.2) is 15.8 Å². The van der Waals surface area contributed by atoms with Crippen LogP contribution in [0.4, 0.5) is 0 Å². The van der Waals surface area contributed by atoms with Gasteiger partial charge in [-0.2, -0.15) is 0 Å². The maximum Gasteiger partial charge on any atom is 0.191 e. The maximum absolute atomic E-state index is 11.8. The number of rotatable bonds is 7. The fourth-order valence-electron chi connectivity index (χ4n) is 3.71. The average Bonchev–Trinajstić information content (AvgIpc) is 2.63. The third kappa shape index (κ3) is 8.41. The third-order valence-electron chi connectivity index (χ3n) is 5.24. The number of sulfone groups is 1. The molecule has 0 aromatic heterocycles. The quantitative estimate of drug-likeness (QED) is 0.318. The van der Waals surface area contributed by atoms with Crippen LogP contribution in [0.5, 0.6) is 0 Å². The molecule has 29 heavy (non-hydrogen) atoms. The van der Waals surface area contributed by atoms with Crippen LogP contribution >= 0.6 is 24.0 Å². The smallest absolute Gasteiger partial charge is 0.191 e. The standard InChI is InChI=1S/C21H36N4O2S.HI/c1-6-22-21(24-14-19-8-7-11-25(15-19)16(2)3)23-13-18-9-10-20(17(4)12-18)28(5,26)27;/h9-10,12,16,19H,6-8,11,13-15H2,1-5H3,(H2,22,23,24);1H. The fraction of sp³-hybridized carbons (Fsp3) is 0.667. The minimum absolute atomic E-state index is 0. The molecule has 2 rings (SSSR count). The first-order valence-corrected chi connectivity index (χ1v) is 12.2. The Balaban J connectivity index is 0.00000420. The van der Waals surface area contributed by atoms with Gasteiger partial charge in [0.25, 0.3) is 0 Å². The number of likely N-dealkylation sites (tertiary alicyclic amines) is 1. The van der Waals surface area contributed by atoms with Gasteiger partial charge < -0.3 is 15.5 Å². The van der Waals surface area contributed by atoms with E-state index in [0.29, 0.717) is 23.4 Å². The summed E-state index contributed by atoms with van der Waals surface area (Å²) >= 11 is 0. The maximum atomic E-state index is 11.8. The molecule has 0 aliphatic carbocycles. The van der Waals surface area contributed by atoms with Crippen molar-refractivity contribution in [2.24, 2.45) is 10.9 Å². The number of piperidine rings is 1. The molecule has 0 amide bonds. The molecule has 8 heteroatoms. The summed E-state index contributed by atoms with van der Waals surface area (Å²) in [5, 5.41) is 6.79. The number of aryl methyl sites for hydroxylation is 1. The van der Waals surface area contributed by atoms with E-state index in [-0.39, 0.29) is 24.0 Å². The molecule has 1 fully saturated rings. The van der Waals surface area contributed by atoms with Gasteiger partial charge in [-0.05, 0) is 70.2 Å². The van der Waals surface area contributed by atoms with Gasteiger partial charge in [-0.1, -0.05) is 12.1 Å². The minimum atomic E-state index is -3.19. The van der Waals surface area contributed by atoms with Crippen LogP contribution in [0.15, 0.2) is 28.1 Å². The van der Waals surface area contributed by atoms with Crippen molar-refractivity contribution < 1.29 is 8.42 Å². The van der Waals surface area contributed by atoms with E-state index in [4.69, 9.17) is 0 Å². The number of guanidine groups is 1. The Morgan fingerprint density at radius 2 is 2.03 bits per heavy atom. The summed E-state index contributed by atoms with van der Waals surface area (Å²) < 4.78 is 23.5. The molecule has 0 spiro atoms. The molecule has 166 valence electrons. The van der Waals surface area contributed by atoms with E-state index < -0.39 is 9.84 Å². The Morgan fingerprint density at radius 1 is 1.31 bits per heavy atom. The average molecular weight is 537 g/mol. The fourth-order valence-corrected chi connectivity index (χ4v) is 4.67. The lowest BCUT2D eigenvalue weighted by Crippen LogP contribution is -2.46. The lowest BCUT2D eigenvalue weighted by molar-refractivity contribution is 0.141. The normalized spacial score (nSPS) is 18.4. The lowest BCUT2D eigenvalue weighted by atomic mass is 9.97. The lowest BCUT2D eigenvalue weighted by Gasteiger charge is -2.35. The first kappa shape index (κ1) is 26.2. The molecule has 1 aromatic carbocycles. The van der Waals surface area contributed by atoms with Crippen molar-refractivity contribution in [3.63, 3.8) is 0 Å². The Morgan fingerprint density at radius 3 is 2.62 bits per heavy atom. The van der Waals surface area contributed by atoms with Crippen LogP contribution in [-0.2, 0) is 16.4 Å². The van der Waals surface area contributed by atoms with Gasteiger partial charge in [0.05, 0.1) is 11.4 Å². The molecular weight excluding hydrogens is 499 g/mol. The van der Waals surface area contributed by atoms with Crippen molar-refractivity contribution in [3.05, 3.63) is 29.3 Å². The van der Waals surface area contributed by atoms with Crippen molar-refractivity contribution >= 4 is 39.8 Å². The van der Waals surface area contributed by atoms with Crippen LogP contribution < -0.4 is 10.6 Å². The van der Waals surface area contributed by atoms with Gasteiger partial charge in [-0.15, -0.1) is 24.0 Å². The summed E-state index contributed by atoms with van der Waals surface area (Å²) in [6.45, 7) is 13.0. The third-order valence-corrected chi connectivity index (χ3v) is 6.50. The zero-order chi connectivity index (χ0) is 20.7. The van der Waals surface area contributed by atoms with E-state index in [1.54, 1.807) is 6.07 Å². The Labute approximate surface area is 193 Å². The van der Waals surface area contributed by atoms with Crippen LogP contribution in [0.25, 0.3) is 0 Å². The van der Waals surface area contributed by atoms with Crippen LogP contribution in [0, 0.1) is 12.8 Å². The number of benzene rings is 1. The second-order valence-electron chi connectivity index (χ2n) is 8.05. The zero-order valence-electron chi connectivity index (χ0n) is 18.4. The summed E-state index contributed by atoms with van der Waals surface area (Å²) in [6, 6.07) is 6.03. The topological polar surface area (TPSA) is 73.8 Å². The van der Waals surface area contributed by atoms with Crippen LogP contribution in [0.1, 0.15) is 44.7 Å². The van der Waals surface area contributed by atoms with Gasteiger partial charge >= 0.3 is 0 Å². The Bertz CT molecular complexity index is 781. The van der Waals surface area contributed by atoms with Crippen molar-refractivity contribution in [2.75, 3.05) is 32.4 Å². The number of hydrogen-bond donors (Lipinski definition) is 2. The first-order valence-electron chi connectivity index (χ1n) is 10.3. The van der Waals surface area contributed by atoms with E-state index in [1.165, 1.54) is 25.6 Å². The molecule has 1 aliphatic rings. The highest BCUT2D eigenvalue weighted by molar-refractivity contribution is 14.0. The molecule has 6 nitrogen and oxygen atoms in total. The second-order valence-corrected chi connectivity index (χ2v) is 10.0. The highest BCUT2D eigenvalue weighted by Gasteiger charge is 2.21. The van der Waals surface area contributed by atoms with E-state index in [1.807, 2.05) is 19.1 Å². The zero-order valence-corrected chi connectivity index (χ0v) is 21.5. The number of nitrogens with one attached hydrogen (secondary N) is 2. The molecule has 2 N–H and O–H groups in total. The highest BCUT2D eigenvalue weighted by Crippen LogP contribution is 2.18. The molecule has 1 aromatic rings. The molecule has 0 saturated carbocycles. The number of halogens is 1. The largest absolute Gasteiger partial charge is 0.357 e. The molecular formula is C21H37IN4O2S. The molecule has 1 heterocycles. The predicted octanol–water partition coefficient (Wildman–Crippen LogP) is 3.19. The van der Waals surface area contributed by atoms with Gasteiger partial charge in [0.1, 0.15) is 0 Å².